The van der Waals surface area contributed by atoms with E-state index >= 15 is 0 Å². The zero-order chi connectivity index (χ0) is 14.1. The molecule has 4 heteroatoms. The van der Waals surface area contributed by atoms with E-state index in [1.165, 1.54) is 25.7 Å². The Balaban J connectivity index is 1.44. The third-order valence-electron chi connectivity index (χ3n) is 5.52. The number of hydrogen-bond acceptors (Lipinski definition) is 2. The van der Waals surface area contributed by atoms with Gasteiger partial charge in [-0.25, -0.2) is 4.79 Å². The van der Waals surface area contributed by atoms with Crippen LogP contribution < -0.4 is 10.6 Å². The van der Waals surface area contributed by atoms with E-state index in [9.17, 15) is 4.79 Å². The molecule has 0 radical (unpaired) electrons. The Morgan fingerprint density at radius 1 is 1.30 bits per heavy atom. The molecule has 0 aromatic carbocycles. The Bertz CT molecular complexity index is 396. The van der Waals surface area contributed by atoms with Crippen molar-refractivity contribution in [2.45, 2.75) is 51.1 Å². The van der Waals surface area contributed by atoms with Crippen molar-refractivity contribution in [3.63, 3.8) is 0 Å². The van der Waals surface area contributed by atoms with Crippen molar-refractivity contribution in [2.75, 3.05) is 6.61 Å². The van der Waals surface area contributed by atoms with Gasteiger partial charge >= 0.3 is 6.03 Å². The van der Waals surface area contributed by atoms with Crippen LogP contribution in [0.25, 0.3) is 0 Å². The minimum Gasteiger partial charge on any atom is -0.396 e. The molecule has 20 heavy (non-hydrogen) atoms. The molecule has 0 heterocycles. The van der Waals surface area contributed by atoms with E-state index < -0.39 is 0 Å². The fourth-order valence-corrected chi connectivity index (χ4v) is 4.45. The van der Waals surface area contributed by atoms with Crippen LogP contribution in [-0.4, -0.2) is 29.8 Å². The summed E-state index contributed by atoms with van der Waals surface area (Å²) in [7, 11) is 0. The monoisotopic (exact) mass is 278 g/mol. The molecule has 0 aliphatic heterocycles. The molecule has 112 valence electrons. The van der Waals surface area contributed by atoms with E-state index in [0.29, 0.717) is 5.92 Å². The summed E-state index contributed by atoms with van der Waals surface area (Å²) < 4.78 is 0. The van der Waals surface area contributed by atoms with E-state index in [-0.39, 0.29) is 30.6 Å². The first kappa shape index (κ1) is 13.9. The first-order valence-electron chi connectivity index (χ1n) is 8.02. The highest BCUT2D eigenvalue weighted by atomic mass is 16.3. The molecule has 0 saturated heterocycles. The summed E-state index contributed by atoms with van der Waals surface area (Å²) in [6.07, 6.45) is 10.2. The number of rotatable bonds is 4. The van der Waals surface area contributed by atoms with Gasteiger partial charge in [0.15, 0.2) is 0 Å². The van der Waals surface area contributed by atoms with Crippen LogP contribution in [0.5, 0.6) is 0 Å². The largest absolute Gasteiger partial charge is 0.396 e. The predicted molar refractivity (Wildman–Crippen MR) is 78.2 cm³/mol. The van der Waals surface area contributed by atoms with Crippen molar-refractivity contribution < 1.29 is 9.90 Å². The highest BCUT2D eigenvalue weighted by Crippen LogP contribution is 2.49. The lowest BCUT2D eigenvalue weighted by atomic mass is 9.84. The second-order valence-electron chi connectivity index (χ2n) is 6.91. The van der Waals surface area contributed by atoms with Gasteiger partial charge in [0.2, 0.25) is 0 Å². The summed E-state index contributed by atoms with van der Waals surface area (Å²) in [6, 6.07) is 0.275. The molecule has 4 unspecified atom stereocenters. The third-order valence-corrected chi connectivity index (χ3v) is 5.52. The average molecular weight is 278 g/mol. The van der Waals surface area contributed by atoms with Crippen LogP contribution in [0.4, 0.5) is 4.79 Å². The van der Waals surface area contributed by atoms with Crippen LogP contribution >= 0.6 is 0 Å². The maximum Gasteiger partial charge on any atom is 0.315 e. The number of urea groups is 1. The first-order valence-corrected chi connectivity index (χ1v) is 8.02. The number of fused-ring (bicyclic) bond motifs is 2. The fourth-order valence-electron chi connectivity index (χ4n) is 4.45. The van der Waals surface area contributed by atoms with E-state index in [2.05, 4.69) is 17.6 Å². The normalized spacial score (nSPS) is 40.0. The van der Waals surface area contributed by atoms with Crippen LogP contribution in [0.1, 0.15) is 39.0 Å². The average Bonchev–Trinajstić information content (AvgIpc) is 3.13. The second kappa shape index (κ2) is 5.76. The molecule has 2 amide bonds. The fraction of sp³-hybridized carbons (Fsp3) is 0.812. The predicted octanol–water partition coefficient (Wildman–Crippen LogP) is 2.05. The van der Waals surface area contributed by atoms with E-state index in [1.54, 1.807) is 0 Å². The Morgan fingerprint density at radius 2 is 2.15 bits per heavy atom. The minimum absolute atomic E-state index is 0.0616. The summed E-state index contributed by atoms with van der Waals surface area (Å²) in [5.41, 5.74) is 0. The van der Waals surface area contributed by atoms with Gasteiger partial charge in [-0.05, 0) is 50.4 Å². The van der Waals surface area contributed by atoms with Gasteiger partial charge in [-0.3, -0.25) is 0 Å². The number of aliphatic hydroxyl groups excluding tert-OH is 1. The topological polar surface area (TPSA) is 61.4 Å². The molecule has 2 saturated carbocycles. The van der Waals surface area contributed by atoms with Crippen LogP contribution in [-0.2, 0) is 0 Å². The third kappa shape index (κ3) is 2.85. The minimum atomic E-state index is -0.0616. The van der Waals surface area contributed by atoms with Crippen LogP contribution in [0.3, 0.4) is 0 Å². The number of hydrogen-bond donors (Lipinski definition) is 3. The standard InChI is InChI=1S/C16H26N2O2/c1-10(15-8-11-2-4-13(15)6-11)17-16(20)18-14-5-3-12(7-14)9-19/h3,5,10-15,19H,2,4,6-9H2,1H3,(H2,17,18,20)/t10?,11?,12-,13?,14+,15?/m0/s1. The molecule has 3 rings (SSSR count). The number of carbonyl (C=O) groups excluding carboxylic acids is 1. The van der Waals surface area contributed by atoms with Gasteiger partial charge in [-0.15, -0.1) is 0 Å². The zero-order valence-electron chi connectivity index (χ0n) is 12.2. The molecule has 0 aromatic rings. The van der Waals surface area contributed by atoms with E-state index in [4.69, 9.17) is 5.11 Å². The van der Waals surface area contributed by atoms with Crippen molar-refractivity contribution in [3.8, 4) is 0 Å². The van der Waals surface area contributed by atoms with Gasteiger partial charge in [-0.2, -0.15) is 0 Å². The Morgan fingerprint density at radius 3 is 2.75 bits per heavy atom. The van der Waals surface area contributed by atoms with Gasteiger partial charge in [0.25, 0.3) is 0 Å². The number of amides is 2. The number of nitrogens with one attached hydrogen (secondary N) is 2. The lowest BCUT2D eigenvalue weighted by molar-refractivity contribution is 0.215. The van der Waals surface area contributed by atoms with Gasteiger partial charge < -0.3 is 15.7 Å². The Labute approximate surface area is 121 Å². The molecule has 3 N–H and O–H groups in total. The first-order chi connectivity index (χ1) is 9.65. The maximum absolute atomic E-state index is 12.0. The van der Waals surface area contributed by atoms with Gasteiger partial charge in [0.05, 0.1) is 0 Å². The summed E-state index contributed by atoms with van der Waals surface area (Å²) in [5.74, 6) is 2.62. The van der Waals surface area contributed by atoms with Crippen molar-refractivity contribution in [3.05, 3.63) is 12.2 Å². The molecular formula is C16H26N2O2. The summed E-state index contributed by atoms with van der Waals surface area (Å²) >= 11 is 0. The van der Waals surface area contributed by atoms with Gasteiger partial charge in [0.1, 0.15) is 0 Å². The zero-order valence-corrected chi connectivity index (χ0v) is 12.2. The van der Waals surface area contributed by atoms with Crippen LogP contribution in [0.15, 0.2) is 12.2 Å². The molecular weight excluding hydrogens is 252 g/mol. The van der Waals surface area contributed by atoms with Crippen molar-refractivity contribution >= 4 is 6.03 Å². The van der Waals surface area contributed by atoms with Crippen LogP contribution in [0, 0.1) is 23.7 Å². The smallest absolute Gasteiger partial charge is 0.315 e. The molecule has 3 aliphatic rings. The Hall–Kier alpha value is -1.03. The quantitative estimate of drug-likeness (QED) is 0.689. The molecule has 6 atom stereocenters. The Kier molecular flexibility index (Phi) is 4.01. The van der Waals surface area contributed by atoms with Crippen molar-refractivity contribution in [1.82, 2.24) is 10.6 Å². The van der Waals surface area contributed by atoms with Gasteiger partial charge in [-0.1, -0.05) is 18.6 Å². The van der Waals surface area contributed by atoms with Crippen molar-refractivity contribution in [2.24, 2.45) is 23.7 Å². The lowest BCUT2D eigenvalue weighted by Crippen LogP contribution is -2.47. The van der Waals surface area contributed by atoms with E-state index in [0.717, 1.165) is 18.3 Å². The summed E-state index contributed by atoms with van der Waals surface area (Å²) in [5, 5.41) is 15.2. The lowest BCUT2D eigenvalue weighted by Gasteiger charge is -2.29. The molecule has 0 spiro atoms. The second-order valence-corrected chi connectivity index (χ2v) is 6.91. The molecule has 4 nitrogen and oxygen atoms in total. The number of aliphatic hydroxyl groups is 1. The highest BCUT2D eigenvalue weighted by Gasteiger charge is 2.42. The summed E-state index contributed by atoms with van der Waals surface area (Å²) in [6.45, 7) is 2.31. The SMILES string of the molecule is CC(NC(=O)N[C@@H]1C=C[C@H](CO)C1)C1CC2CCC1C2. The van der Waals surface area contributed by atoms with E-state index in [1.807, 2.05) is 12.2 Å². The maximum atomic E-state index is 12.0. The van der Waals surface area contributed by atoms with Gasteiger partial charge in [0, 0.05) is 24.6 Å². The molecule has 3 aliphatic carbocycles. The molecule has 0 aromatic heterocycles. The molecule has 2 bridgehead atoms. The highest BCUT2D eigenvalue weighted by molar-refractivity contribution is 5.74. The number of carbonyl (C=O) groups is 1. The molecule has 2 fully saturated rings. The van der Waals surface area contributed by atoms with Crippen LogP contribution in [0.2, 0.25) is 0 Å². The summed E-state index contributed by atoms with van der Waals surface area (Å²) in [4.78, 5) is 12.0. The van der Waals surface area contributed by atoms with Crippen molar-refractivity contribution in [1.29, 1.82) is 0 Å².